The number of thioether (sulfide) groups is 1. The number of rotatable bonds is 2. The first-order chi connectivity index (χ1) is 8.03. The fourth-order valence-corrected chi connectivity index (χ4v) is 2.74. The van der Waals surface area contributed by atoms with Crippen molar-refractivity contribution in [2.24, 2.45) is 0 Å². The maximum atomic E-state index is 11.5. The van der Waals surface area contributed by atoms with E-state index in [4.69, 9.17) is 0 Å². The summed E-state index contributed by atoms with van der Waals surface area (Å²) in [6.07, 6.45) is 3.80. The Balaban J connectivity index is 2.26. The fourth-order valence-electron chi connectivity index (χ4n) is 1.72. The lowest BCUT2D eigenvalue weighted by Crippen LogP contribution is -2.16. The van der Waals surface area contributed by atoms with Gasteiger partial charge in [0, 0.05) is 5.57 Å². The van der Waals surface area contributed by atoms with Crippen molar-refractivity contribution in [3.63, 3.8) is 0 Å². The minimum atomic E-state index is -0.628. The lowest BCUT2D eigenvalue weighted by Gasteiger charge is -2.17. The summed E-state index contributed by atoms with van der Waals surface area (Å²) in [6.45, 7) is 3.51. The molecule has 0 saturated heterocycles. The largest absolute Gasteiger partial charge is 0.510 e. The van der Waals surface area contributed by atoms with Gasteiger partial charge in [0.1, 0.15) is 5.76 Å². The fraction of sp³-hybridized carbons (Fsp3) is 0.214. The second-order valence-electron chi connectivity index (χ2n) is 4.21. The van der Waals surface area contributed by atoms with E-state index in [9.17, 15) is 9.90 Å². The van der Waals surface area contributed by atoms with Crippen molar-refractivity contribution in [1.82, 2.24) is 0 Å². The van der Waals surface area contributed by atoms with Crippen LogP contribution in [-0.4, -0.2) is 15.0 Å². The van der Waals surface area contributed by atoms with Crippen LogP contribution in [0.25, 0.3) is 6.08 Å². The zero-order chi connectivity index (χ0) is 12.5. The molecule has 0 aromatic heterocycles. The quantitative estimate of drug-likeness (QED) is 0.867. The number of carbonyl (C=O) groups excluding carboxylic acids is 1. The SMILES string of the molecule is CC1=C(O)[C@](C)(C=Cc2ccccc2)SC1=O. The maximum absolute atomic E-state index is 11.5. The van der Waals surface area contributed by atoms with Gasteiger partial charge in [-0.1, -0.05) is 54.2 Å². The molecule has 1 aromatic carbocycles. The molecular formula is C14H14O2S. The van der Waals surface area contributed by atoms with Crippen LogP contribution >= 0.6 is 11.8 Å². The van der Waals surface area contributed by atoms with Crippen molar-refractivity contribution in [2.75, 3.05) is 0 Å². The van der Waals surface area contributed by atoms with E-state index in [1.165, 1.54) is 0 Å². The molecule has 1 aliphatic heterocycles. The zero-order valence-corrected chi connectivity index (χ0v) is 10.6. The van der Waals surface area contributed by atoms with E-state index in [0.29, 0.717) is 5.57 Å². The molecule has 0 radical (unpaired) electrons. The Morgan fingerprint density at radius 2 is 1.94 bits per heavy atom. The summed E-state index contributed by atoms with van der Waals surface area (Å²) in [5.41, 5.74) is 1.51. The number of aliphatic hydroxyl groups is 1. The van der Waals surface area contributed by atoms with Crippen molar-refractivity contribution >= 4 is 23.0 Å². The third-order valence-corrected chi connectivity index (χ3v) is 4.07. The molecule has 1 heterocycles. The van der Waals surface area contributed by atoms with E-state index in [-0.39, 0.29) is 10.9 Å². The molecular weight excluding hydrogens is 232 g/mol. The predicted octanol–water partition coefficient (Wildman–Crippen LogP) is 3.56. The van der Waals surface area contributed by atoms with Gasteiger partial charge in [-0.15, -0.1) is 0 Å². The summed E-state index contributed by atoms with van der Waals surface area (Å²) in [7, 11) is 0. The normalized spacial score (nSPS) is 24.9. The van der Waals surface area contributed by atoms with E-state index < -0.39 is 4.75 Å². The number of carbonyl (C=O) groups is 1. The van der Waals surface area contributed by atoms with E-state index in [0.717, 1.165) is 17.3 Å². The third-order valence-electron chi connectivity index (χ3n) is 2.83. The second-order valence-corrected chi connectivity index (χ2v) is 5.64. The molecule has 2 rings (SSSR count). The third kappa shape index (κ3) is 2.29. The molecule has 1 aromatic rings. The molecule has 88 valence electrons. The van der Waals surface area contributed by atoms with Crippen LogP contribution in [0.2, 0.25) is 0 Å². The minimum Gasteiger partial charge on any atom is -0.510 e. The van der Waals surface area contributed by atoms with Crippen LogP contribution in [0.3, 0.4) is 0 Å². The van der Waals surface area contributed by atoms with Crippen LogP contribution in [0.1, 0.15) is 19.4 Å². The Labute approximate surface area is 105 Å². The van der Waals surface area contributed by atoms with E-state index in [2.05, 4.69) is 0 Å². The summed E-state index contributed by atoms with van der Waals surface area (Å²) in [5, 5.41) is 9.90. The van der Waals surface area contributed by atoms with Gasteiger partial charge in [-0.2, -0.15) is 0 Å². The topological polar surface area (TPSA) is 37.3 Å². The van der Waals surface area contributed by atoms with Gasteiger partial charge in [-0.05, 0) is 19.4 Å². The standard InChI is InChI=1S/C14H14O2S/c1-10-12(15)14(2,17-13(10)16)9-8-11-6-4-3-5-7-11/h3-9,15H,1-2H3/t14-/m0/s1. The molecule has 1 N–H and O–H groups in total. The monoisotopic (exact) mass is 246 g/mol. The van der Waals surface area contributed by atoms with Gasteiger partial charge in [0.25, 0.3) is 0 Å². The number of hydrogen-bond donors (Lipinski definition) is 1. The smallest absolute Gasteiger partial charge is 0.219 e. The summed E-state index contributed by atoms with van der Waals surface area (Å²) in [6, 6.07) is 9.82. The van der Waals surface area contributed by atoms with Crippen LogP contribution in [-0.2, 0) is 4.79 Å². The molecule has 0 saturated carbocycles. The minimum absolute atomic E-state index is 0.0530. The van der Waals surface area contributed by atoms with Gasteiger partial charge in [0.15, 0.2) is 0 Å². The molecule has 0 spiro atoms. The molecule has 0 fully saturated rings. The van der Waals surface area contributed by atoms with Gasteiger partial charge in [-0.3, -0.25) is 4.79 Å². The van der Waals surface area contributed by atoms with Gasteiger partial charge in [0.05, 0.1) is 4.75 Å². The lowest BCUT2D eigenvalue weighted by molar-refractivity contribution is -0.107. The highest BCUT2D eigenvalue weighted by Gasteiger charge is 2.39. The Kier molecular flexibility index (Phi) is 3.11. The first-order valence-electron chi connectivity index (χ1n) is 5.41. The predicted molar refractivity (Wildman–Crippen MR) is 71.8 cm³/mol. The van der Waals surface area contributed by atoms with Gasteiger partial charge < -0.3 is 5.11 Å². The van der Waals surface area contributed by atoms with E-state index >= 15 is 0 Å². The zero-order valence-electron chi connectivity index (χ0n) is 9.81. The van der Waals surface area contributed by atoms with Crippen LogP contribution in [0.4, 0.5) is 0 Å². The number of aliphatic hydroxyl groups excluding tert-OH is 1. The van der Waals surface area contributed by atoms with Crippen LogP contribution in [0.15, 0.2) is 47.7 Å². The summed E-state index contributed by atoms with van der Waals surface area (Å²) >= 11 is 1.15. The van der Waals surface area contributed by atoms with E-state index in [1.54, 1.807) is 6.92 Å². The lowest BCUT2D eigenvalue weighted by atomic mass is 10.0. The summed E-state index contributed by atoms with van der Waals surface area (Å²) in [5.74, 6) is 0.166. The van der Waals surface area contributed by atoms with Crippen LogP contribution in [0, 0.1) is 0 Å². The number of hydrogen-bond acceptors (Lipinski definition) is 3. The van der Waals surface area contributed by atoms with Crippen LogP contribution < -0.4 is 0 Å². The van der Waals surface area contributed by atoms with Gasteiger partial charge in [-0.25, -0.2) is 0 Å². The first-order valence-corrected chi connectivity index (χ1v) is 6.22. The molecule has 3 heteroatoms. The highest BCUT2D eigenvalue weighted by atomic mass is 32.2. The van der Waals surface area contributed by atoms with Crippen molar-refractivity contribution < 1.29 is 9.90 Å². The summed E-state index contributed by atoms with van der Waals surface area (Å²) < 4.78 is -0.628. The second kappa shape index (κ2) is 4.41. The van der Waals surface area contributed by atoms with E-state index in [1.807, 2.05) is 49.4 Å². The molecule has 17 heavy (non-hydrogen) atoms. The maximum Gasteiger partial charge on any atom is 0.219 e. The highest BCUT2D eigenvalue weighted by Crippen LogP contribution is 2.43. The Morgan fingerprint density at radius 1 is 1.29 bits per heavy atom. The molecule has 1 atom stereocenters. The average molecular weight is 246 g/mol. The van der Waals surface area contributed by atoms with Crippen molar-refractivity contribution in [3.05, 3.63) is 53.3 Å². The highest BCUT2D eigenvalue weighted by molar-refractivity contribution is 8.16. The van der Waals surface area contributed by atoms with Crippen molar-refractivity contribution in [1.29, 1.82) is 0 Å². The average Bonchev–Trinajstić information content (AvgIpc) is 2.53. The Morgan fingerprint density at radius 3 is 2.47 bits per heavy atom. The molecule has 2 nitrogen and oxygen atoms in total. The molecule has 0 bridgehead atoms. The molecule has 0 unspecified atom stereocenters. The first kappa shape index (κ1) is 12.0. The Bertz CT molecular complexity index is 502. The molecule has 0 amide bonds. The summed E-state index contributed by atoms with van der Waals surface area (Å²) in [4.78, 5) is 11.5. The Hall–Kier alpha value is -1.48. The van der Waals surface area contributed by atoms with Gasteiger partial charge >= 0.3 is 0 Å². The molecule has 1 aliphatic rings. The molecule has 0 aliphatic carbocycles. The number of benzene rings is 1. The van der Waals surface area contributed by atoms with Crippen LogP contribution in [0.5, 0.6) is 0 Å². The van der Waals surface area contributed by atoms with Crippen molar-refractivity contribution in [3.8, 4) is 0 Å². The van der Waals surface area contributed by atoms with Crippen molar-refractivity contribution in [2.45, 2.75) is 18.6 Å². The van der Waals surface area contributed by atoms with Gasteiger partial charge in [0.2, 0.25) is 5.12 Å².